The fourth-order valence-corrected chi connectivity index (χ4v) is 4.21. The van der Waals surface area contributed by atoms with Crippen molar-refractivity contribution < 1.29 is 14.3 Å². The van der Waals surface area contributed by atoms with Gasteiger partial charge in [-0.3, -0.25) is 4.84 Å². The van der Waals surface area contributed by atoms with E-state index in [0.717, 1.165) is 24.3 Å². The molecule has 1 saturated heterocycles. The molecule has 0 amide bonds. The number of methoxy groups -OCH3 is 1. The molecule has 1 aliphatic heterocycles. The van der Waals surface area contributed by atoms with Gasteiger partial charge >= 0.3 is 0 Å². The SMILES string of the molecule is COc1ccc(C2ONC3CCCC32)cc1OC1CCCC1. The summed E-state index contributed by atoms with van der Waals surface area (Å²) in [6, 6.07) is 6.79. The minimum Gasteiger partial charge on any atom is -0.493 e. The van der Waals surface area contributed by atoms with Crippen LogP contribution in [0.4, 0.5) is 0 Å². The lowest BCUT2D eigenvalue weighted by Gasteiger charge is -2.20. The highest BCUT2D eigenvalue weighted by molar-refractivity contribution is 5.44. The fraction of sp³-hybridized carbons (Fsp3) is 0.667. The molecule has 4 nitrogen and oxygen atoms in total. The predicted octanol–water partition coefficient (Wildman–Crippen LogP) is 3.76. The van der Waals surface area contributed by atoms with Crippen LogP contribution in [-0.2, 0) is 4.84 Å². The number of fused-ring (bicyclic) bond motifs is 1. The molecule has 3 aliphatic rings. The van der Waals surface area contributed by atoms with Crippen LogP contribution in [0.3, 0.4) is 0 Å². The standard InChI is InChI=1S/C18H25NO3/c1-20-16-10-9-12(11-17(16)21-13-5-2-3-6-13)18-14-7-4-8-15(14)19-22-18/h9-11,13-15,18-19H,2-8H2,1H3. The Labute approximate surface area is 132 Å². The van der Waals surface area contributed by atoms with Crippen LogP contribution < -0.4 is 15.0 Å². The van der Waals surface area contributed by atoms with E-state index in [-0.39, 0.29) is 6.10 Å². The monoisotopic (exact) mass is 303 g/mol. The quantitative estimate of drug-likeness (QED) is 0.919. The first kappa shape index (κ1) is 14.3. The van der Waals surface area contributed by atoms with Crippen molar-refractivity contribution in [1.82, 2.24) is 5.48 Å². The molecule has 0 spiro atoms. The molecule has 1 N–H and O–H groups in total. The van der Waals surface area contributed by atoms with Gasteiger partial charge in [0.15, 0.2) is 11.5 Å². The van der Waals surface area contributed by atoms with Gasteiger partial charge in [-0.1, -0.05) is 12.5 Å². The first-order chi connectivity index (χ1) is 10.8. The van der Waals surface area contributed by atoms with Crippen LogP contribution in [0.25, 0.3) is 0 Å². The summed E-state index contributed by atoms with van der Waals surface area (Å²) in [7, 11) is 1.71. The Morgan fingerprint density at radius 1 is 1.05 bits per heavy atom. The van der Waals surface area contributed by atoms with Crippen molar-refractivity contribution in [2.75, 3.05) is 7.11 Å². The third-order valence-corrected chi connectivity index (χ3v) is 5.42. The maximum absolute atomic E-state index is 6.21. The summed E-state index contributed by atoms with van der Waals surface area (Å²) in [4.78, 5) is 5.86. The van der Waals surface area contributed by atoms with Crippen LogP contribution in [0.15, 0.2) is 18.2 Å². The van der Waals surface area contributed by atoms with E-state index in [4.69, 9.17) is 14.3 Å². The average Bonchev–Trinajstić information content (AvgIpc) is 3.24. The smallest absolute Gasteiger partial charge is 0.161 e. The summed E-state index contributed by atoms with van der Waals surface area (Å²) < 4.78 is 11.7. The molecule has 4 heteroatoms. The van der Waals surface area contributed by atoms with Crippen molar-refractivity contribution in [3.05, 3.63) is 23.8 Å². The third-order valence-electron chi connectivity index (χ3n) is 5.42. The topological polar surface area (TPSA) is 39.7 Å². The lowest BCUT2D eigenvalue weighted by Crippen LogP contribution is -2.20. The third kappa shape index (κ3) is 2.59. The van der Waals surface area contributed by atoms with Crippen LogP contribution in [0, 0.1) is 5.92 Å². The molecular weight excluding hydrogens is 278 g/mol. The fourth-order valence-electron chi connectivity index (χ4n) is 4.21. The number of hydroxylamine groups is 1. The largest absolute Gasteiger partial charge is 0.493 e. The number of ether oxygens (including phenoxy) is 2. The van der Waals surface area contributed by atoms with Crippen LogP contribution >= 0.6 is 0 Å². The summed E-state index contributed by atoms with van der Waals surface area (Å²) in [5, 5.41) is 0. The van der Waals surface area contributed by atoms with Gasteiger partial charge in [0.25, 0.3) is 0 Å². The second-order valence-electron chi connectivity index (χ2n) is 6.79. The molecule has 0 bridgehead atoms. The van der Waals surface area contributed by atoms with E-state index in [9.17, 15) is 0 Å². The van der Waals surface area contributed by atoms with Gasteiger partial charge in [0, 0.05) is 12.0 Å². The van der Waals surface area contributed by atoms with Crippen LogP contribution in [0.2, 0.25) is 0 Å². The van der Waals surface area contributed by atoms with Crippen LogP contribution in [0.1, 0.15) is 56.6 Å². The Morgan fingerprint density at radius 3 is 2.73 bits per heavy atom. The van der Waals surface area contributed by atoms with Crippen molar-refractivity contribution in [3.63, 3.8) is 0 Å². The zero-order chi connectivity index (χ0) is 14.9. The van der Waals surface area contributed by atoms with Gasteiger partial charge in [-0.05, 0) is 56.2 Å². The maximum atomic E-state index is 6.21. The van der Waals surface area contributed by atoms with Crippen molar-refractivity contribution in [3.8, 4) is 11.5 Å². The zero-order valence-electron chi connectivity index (χ0n) is 13.2. The predicted molar refractivity (Wildman–Crippen MR) is 84.0 cm³/mol. The zero-order valence-corrected chi connectivity index (χ0v) is 13.2. The van der Waals surface area contributed by atoms with E-state index in [1.54, 1.807) is 7.11 Å². The molecule has 1 heterocycles. The lowest BCUT2D eigenvalue weighted by atomic mass is 9.93. The molecular formula is C18H25NO3. The van der Waals surface area contributed by atoms with E-state index >= 15 is 0 Å². The van der Waals surface area contributed by atoms with Gasteiger partial charge in [-0.2, -0.15) is 5.48 Å². The molecule has 1 aromatic rings. The van der Waals surface area contributed by atoms with Crippen molar-refractivity contribution in [2.45, 2.75) is 63.2 Å². The Morgan fingerprint density at radius 2 is 1.91 bits per heavy atom. The van der Waals surface area contributed by atoms with Crippen molar-refractivity contribution >= 4 is 0 Å². The highest BCUT2D eigenvalue weighted by Gasteiger charge is 2.41. The second-order valence-corrected chi connectivity index (χ2v) is 6.79. The van der Waals surface area contributed by atoms with E-state index in [1.165, 1.54) is 37.7 Å². The lowest BCUT2D eigenvalue weighted by molar-refractivity contribution is 0.0127. The number of hydrogen-bond acceptors (Lipinski definition) is 4. The Kier molecular flexibility index (Phi) is 3.97. The molecule has 1 aromatic carbocycles. The molecule has 0 aromatic heterocycles. The molecule has 3 fully saturated rings. The first-order valence-corrected chi connectivity index (χ1v) is 8.61. The number of benzene rings is 1. The Hall–Kier alpha value is -1.26. The summed E-state index contributed by atoms with van der Waals surface area (Å²) in [6.45, 7) is 0. The van der Waals surface area contributed by atoms with Crippen LogP contribution in [0.5, 0.6) is 11.5 Å². The summed E-state index contributed by atoms with van der Waals surface area (Å²) in [5.41, 5.74) is 4.42. The molecule has 3 unspecified atom stereocenters. The van der Waals surface area contributed by atoms with E-state index in [0.29, 0.717) is 18.1 Å². The highest BCUT2D eigenvalue weighted by Crippen LogP contribution is 2.44. The first-order valence-electron chi connectivity index (χ1n) is 8.61. The average molecular weight is 303 g/mol. The van der Waals surface area contributed by atoms with Crippen molar-refractivity contribution in [1.29, 1.82) is 0 Å². The van der Waals surface area contributed by atoms with E-state index in [1.807, 2.05) is 6.07 Å². The minimum absolute atomic E-state index is 0.143. The van der Waals surface area contributed by atoms with Gasteiger partial charge in [0.1, 0.15) is 6.10 Å². The normalized spacial score (nSPS) is 31.4. The van der Waals surface area contributed by atoms with E-state index < -0.39 is 0 Å². The Bertz CT molecular complexity index is 527. The molecule has 120 valence electrons. The summed E-state index contributed by atoms with van der Waals surface area (Å²) >= 11 is 0. The second kappa shape index (κ2) is 6.09. The van der Waals surface area contributed by atoms with Crippen LogP contribution in [-0.4, -0.2) is 19.3 Å². The minimum atomic E-state index is 0.143. The molecule has 22 heavy (non-hydrogen) atoms. The van der Waals surface area contributed by atoms with E-state index in [2.05, 4.69) is 17.6 Å². The maximum Gasteiger partial charge on any atom is 0.161 e. The van der Waals surface area contributed by atoms with Gasteiger partial charge < -0.3 is 9.47 Å². The number of rotatable bonds is 4. The molecule has 2 saturated carbocycles. The van der Waals surface area contributed by atoms with Gasteiger partial charge in [0.05, 0.1) is 13.2 Å². The summed E-state index contributed by atoms with van der Waals surface area (Å²) in [6.07, 6.45) is 9.09. The Balaban J connectivity index is 1.57. The summed E-state index contributed by atoms with van der Waals surface area (Å²) in [5.74, 6) is 2.29. The van der Waals surface area contributed by atoms with Gasteiger partial charge in [-0.15, -0.1) is 0 Å². The molecule has 4 rings (SSSR count). The van der Waals surface area contributed by atoms with Crippen molar-refractivity contribution in [2.24, 2.45) is 5.92 Å². The molecule has 0 radical (unpaired) electrons. The highest BCUT2D eigenvalue weighted by atomic mass is 16.7. The molecule has 3 atom stereocenters. The van der Waals surface area contributed by atoms with Gasteiger partial charge in [0.2, 0.25) is 0 Å². The number of hydrogen-bond donors (Lipinski definition) is 1. The van der Waals surface area contributed by atoms with Gasteiger partial charge in [-0.25, -0.2) is 0 Å². The molecule has 2 aliphatic carbocycles. The number of nitrogens with one attached hydrogen (secondary N) is 1.